The lowest BCUT2D eigenvalue weighted by atomic mass is 10.1. The van der Waals surface area contributed by atoms with Crippen molar-refractivity contribution in [2.75, 3.05) is 18.5 Å². The molecule has 0 bridgehead atoms. The van der Waals surface area contributed by atoms with E-state index in [4.69, 9.17) is 4.74 Å². The molecule has 132 valence electrons. The first-order valence-corrected chi connectivity index (χ1v) is 8.31. The molecule has 5 heteroatoms. The molecule has 0 aliphatic carbocycles. The van der Waals surface area contributed by atoms with Crippen molar-refractivity contribution in [3.05, 3.63) is 59.7 Å². The Kier molecular flexibility index (Phi) is 6.57. The fourth-order valence-electron chi connectivity index (χ4n) is 2.37. The molecule has 0 aliphatic rings. The highest BCUT2D eigenvalue weighted by atomic mass is 16.5. The topological polar surface area (TPSA) is 58.6 Å². The van der Waals surface area contributed by atoms with Crippen molar-refractivity contribution in [3.63, 3.8) is 0 Å². The van der Waals surface area contributed by atoms with Gasteiger partial charge in [-0.2, -0.15) is 0 Å². The Morgan fingerprint density at radius 3 is 2.24 bits per heavy atom. The molecular weight excluding hydrogens is 316 g/mol. The largest absolute Gasteiger partial charge is 0.494 e. The van der Waals surface area contributed by atoms with E-state index in [2.05, 4.69) is 5.32 Å². The summed E-state index contributed by atoms with van der Waals surface area (Å²) in [6.45, 7) is 6.41. The molecule has 5 nitrogen and oxygen atoms in total. The summed E-state index contributed by atoms with van der Waals surface area (Å²) in [4.78, 5) is 25.6. The third-order valence-electron chi connectivity index (χ3n) is 3.72. The standard InChI is InChI=1S/C20H24N2O3/c1-4-25-19-11-9-18(10-12-19)21-20(24)14-22(16(3)23)13-17-7-5-15(2)6-8-17/h5-12H,4,13-14H2,1-3H3,(H,21,24). The van der Waals surface area contributed by atoms with Crippen LogP contribution in [0.25, 0.3) is 0 Å². The number of carbonyl (C=O) groups excluding carboxylic acids is 2. The number of rotatable bonds is 7. The van der Waals surface area contributed by atoms with Gasteiger partial charge in [-0.25, -0.2) is 0 Å². The van der Waals surface area contributed by atoms with Crippen LogP contribution in [0.2, 0.25) is 0 Å². The van der Waals surface area contributed by atoms with Crippen LogP contribution >= 0.6 is 0 Å². The van der Waals surface area contributed by atoms with Crippen molar-refractivity contribution < 1.29 is 14.3 Å². The number of nitrogens with one attached hydrogen (secondary N) is 1. The summed E-state index contributed by atoms with van der Waals surface area (Å²) in [5.74, 6) is 0.388. The van der Waals surface area contributed by atoms with Crippen LogP contribution in [-0.4, -0.2) is 29.9 Å². The van der Waals surface area contributed by atoms with Crippen LogP contribution in [0.4, 0.5) is 5.69 Å². The van der Waals surface area contributed by atoms with E-state index in [0.717, 1.165) is 16.9 Å². The molecule has 2 amide bonds. The van der Waals surface area contributed by atoms with Gasteiger partial charge in [0.1, 0.15) is 12.3 Å². The molecule has 2 aromatic carbocycles. The number of amides is 2. The van der Waals surface area contributed by atoms with Crippen molar-refractivity contribution >= 4 is 17.5 Å². The molecule has 0 fully saturated rings. The highest BCUT2D eigenvalue weighted by Crippen LogP contribution is 2.15. The Bertz CT molecular complexity index is 709. The second-order valence-electron chi connectivity index (χ2n) is 5.87. The fraction of sp³-hybridized carbons (Fsp3) is 0.300. The van der Waals surface area contributed by atoms with E-state index in [9.17, 15) is 9.59 Å². The van der Waals surface area contributed by atoms with E-state index in [-0.39, 0.29) is 18.4 Å². The number of hydrogen-bond acceptors (Lipinski definition) is 3. The molecule has 2 aromatic rings. The number of nitrogens with zero attached hydrogens (tertiary/aromatic N) is 1. The van der Waals surface area contributed by atoms with Crippen LogP contribution in [-0.2, 0) is 16.1 Å². The van der Waals surface area contributed by atoms with Gasteiger partial charge in [0.25, 0.3) is 0 Å². The lowest BCUT2D eigenvalue weighted by Gasteiger charge is -2.21. The van der Waals surface area contributed by atoms with Crippen LogP contribution < -0.4 is 10.1 Å². The average Bonchev–Trinajstić information content (AvgIpc) is 2.58. The average molecular weight is 340 g/mol. The molecule has 0 atom stereocenters. The normalized spacial score (nSPS) is 10.2. The maximum atomic E-state index is 12.2. The third-order valence-corrected chi connectivity index (χ3v) is 3.72. The predicted molar refractivity (Wildman–Crippen MR) is 98.5 cm³/mol. The minimum atomic E-state index is -0.230. The quantitative estimate of drug-likeness (QED) is 0.840. The lowest BCUT2D eigenvalue weighted by Crippen LogP contribution is -2.36. The van der Waals surface area contributed by atoms with Crippen molar-refractivity contribution in [1.82, 2.24) is 4.90 Å². The summed E-state index contributed by atoms with van der Waals surface area (Å²) in [5.41, 5.74) is 2.83. The Labute approximate surface area is 148 Å². The van der Waals surface area contributed by atoms with Crippen LogP contribution in [0.5, 0.6) is 5.75 Å². The number of hydrogen-bond donors (Lipinski definition) is 1. The Balaban J connectivity index is 1.95. The number of ether oxygens (including phenoxy) is 1. The van der Waals surface area contributed by atoms with Crippen molar-refractivity contribution in [2.45, 2.75) is 27.3 Å². The Morgan fingerprint density at radius 2 is 1.68 bits per heavy atom. The van der Waals surface area contributed by atoms with E-state index in [0.29, 0.717) is 18.8 Å². The molecule has 0 aromatic heterocycles. The SMILES string of the molecule is CCOc1ccc(NC(=O)CN(Cc2ccc(C)cc2)C(C)=O)cc1. The Morgan fingerprint density at radius 1 is 1.04 bits per heavy atom. The van der Waals surface area contributed by atoms with Gasteiger partial charge in [-0.05, 0) is 43.7 Å². The highest BCUT2D eigenvalue weighted by Gasteiger charge is 2.14. The first-order chi connectivity index (χ1) is 12.0. The van der Waals surface area contributed by atoms with Gasteiger partial charge in [0.05, 0.1) is 6.61 Å². The first-order valence-electron chi connectivity index (χ1n) is 8.31. The summed E-state index contributed by atoms with van der Waals surface area (Å²) >= 11 is 0. The van der Waals surface area contributed by atoms with E-state index >= 15 is 0 Å². The third kappa shape index (κ3) is 5.95. The van der Waals surface area contributed by atoms with Gasteiger partial charge >= 0.3 is 0 Å². The summed E-state index contributed by atoms with van der Waals surface area (Å²) in [5, 5.41) is 2.80. The highest BCUT2D eigenvalue weighted by molar-refractivity contribution is 5.94. The van der Waals surface area contributed by atoms with Gasteiger partial charge in [0.15, 0.2) is 0 Å². The number of carbonyl (C=O) groups is 2. The van der Waals surface area contributed by atoms with Gasteiger partial charge in [-0.1, -0.05) is 29.8 Å². The van der Waals surface area contributed by atoms with E-state index in [1.54, 1.807) is 24.3 Å². The minimum Gasteiger partial charge on any atom is -0.494 e. The minimum absolute atomic E-state index is 0.0103. The fourth-order valence-corrected chi connectivity index (χ4v) is 2.37. The molecule has 1 N–H and O–H groups in total. The van der Waals surface area contributed by atoms with E-state index in [1.807, 2.05) is 38.1 Å². The molecule has 25 heavy (non-hydrogen) atoms. The van der Waals surface area contributed by atoms with Crippen LogP contribution in [0.15, 0.2) is 48.5 Å². The molecule has 0 saturated carbocycles. The molecule has 2 rings (SSSR count). The summed E-state index contributed by atoms with van der Waals surface area (Å²) in [6.07, 6.45) is 0. The van der Waals surface area contributed by atoms with Crippen molar-refractivity contribution in [1.29, 1.82) is 0 Å². The summed E-state index contributed by atoms with van der Waals surface area (Å²) < 4.78 is 5.37. The van der Waals surface area contributed by atoms with Crippen LogP contribution in [0, 0.1) is 6.92 Å². The van der Waals surface area contributed by atoms with Crippen molar-refractivity contribution in [3.8, 4) is 5.75 Å². The molecule has 0 saturated heterocycles. The molecule has 0 aliphatic heterocycles. The number of anilines is 1. The lowest BCUT2D eigenvalue weighted by molar-refractivity contribution is -0.133. The second-order valence-corrected chi connectivity index (χ2v) is 5.87. The smallest absolute Gasteiger partial charge is 0.244 e. The molecule has 0 unspecified atom stereocenters. The van der Waals surface area contributed by atoms with E-state index in [1.165, 1.54) is 11.8 Å². The van der Waals surface area contributed by atoms with Gasteiger partial charge < -0.3 is 15.0 Å². The summed E-state index contributed by atoms with van der Waals surface area (Å²) in [6, 6.07) is 15.1. The monoisotopic (exact) mass is 340 g/mol. The van der Waals surface area contributed by atoms with Gasteiger partial charge in [-0.15, -0.1) is 0 Å². The maximum Gasteiger partial charge on any atom is 0.244 e. The number of aryl methyl sites for hydroxylation is 1. The zero-order chi connectivity index (χ0) is 18.2. The predicted octanol–water partition coefficient (Wildman–Crippen LogP) is 3.38. The van der Waals surface area contributed by atoms with Crippen LogP contribution in [0.1, 0.15) is 25.0 Å². The summed E-state index contributed by atoms with van der Waals surface area (Å²) in [7, 11) is 0. The Hall–Kier alpha value is -2.82. The van der Waals surface area contributed by atoms with Gasteiger partial charge in [0, 0.05) is 19.2 Å². The number of benzene rings is 2. The van der Waals surface area contributed by atoms with Gasteiger partial charge in [0.2, 0.25) is 11.8 Å². The zero-order valence-electron chi connectivity index (χ0n) is 14.9. The molecule has 0 heterocycles. The molecule has 0 radical (unpaired) electrons. The zero-order valence-corrected chi connectivity index (χ0v) is 14.9. The molecular formula is C20H24N2O3. The molecule has 0 spiro atoms. The maximum absolute atomic E-state index is 12.2. The first kappa shape index (κ1) is 18.5. The second kappa shape index (κ2) is 8.87. The van der Waals surface area contributed by atoms with Crippen LogP contribution in [0.3, 0.4) is 0 Å². The van der Waals surface area contributed by atoms with Crippen molar-refractivity contribution in [2.24, 2.45) is 0 Å². The van der Waals surface area contributed by atoms with E-state index < -0.39 is 0 Å². The van der Waals surface area contributed by atoms with Gasteiger partial charge in [-0.3, -0.25) is 9.59 Å².